The summed E-state index contributed by atoms with van der Waals surface area (Å²) in [5, 5.41) is 2.88. The highest BCUT2D eigenvalue weighted by atomic mass is 79.9. The van der Waals surface area contributed by atoms with Gasteiger partial charge in [-0.25, -0.2) is 0 Å². The Bertz CT molecular complexity index is 409. The number of amides is 1. The van der Waals surface area contributed by atoms with Gasteiger partial charge >= 0.3 is 0 Å². The number of alkyl halides is 1. The van der Waals surface area contributed by atoms with E-state index < -0.39 is 0 Å². The summed E-state index contributed by atoms with van der Waals surface area (Å²) in [5.41, 5.74) is 2.11. The fourth-order valence-corrected chi connectivity index (χ4v) is 2.44. The fraction of sp³-hybridized carbons (Fsp3) is 0.533. The third-order valence-corrected chi connectivity index (χ3v) is 3.88. The molecule has 1 aromatic rings. The summed E-state index contributed by atoms with van der Waals surface area (Å²) in [6.07, 6.45) is 5.24. The second-order valence-corrected chi connectivity index (χ2v) is 6.43. The van der Waals surface area contributed by atoms with Crippen molar-refractivity contribution in [3.05, 3.63) is 24.3 Å². The molecular formula is C15H21BrN2O. The molecule has 1 saturated heterocycles. The summed E-state index contributed by atoms with van der Waals surface area (Å²) >= 11 is 3.26. The van der Waals surface area contributed by atoms with Gasteiger partial charge in [0.15, 0.2) is 0 Å². The zero-order chi connectivity index (χ0) is 13.7. The minimum Gasteiger partial charge on any atom is -0.372 e. The molecule has 4 heteroatoms. The Kier molecular flexibility index (Phi) is 5.25. The van der Waals surface area contributed by atoms with Crippen molar-refractivity contribution in [1.29, 1.82) is 0 Å². The topological polar surface area (TPSA) is 32.3 Å². The Morgan fingerprint density at radius 3 is 2.26 bits per heavy atom. The second-order valence-electron chi connectivity index (χ2n) is 5.05. The molecule has 1 unspecified atom stereocenters. The molecule has 1 aliphatic rings. The first-order valence-electron chi connectivity index (χ1n) is 6.97. The van der Waals surface area contributed by atoms with Crippen molar-refractivity contribution in [2.45, 2.75) is 37.4 Å². The molecule has 2 rings (SSSR count). The monoisotopic (exact) mass is 324 g/mol. The van der Waals surface area contributed by atoms with Gasteiger partial charge < -0.3 is 10.2 Å². The summed E-state index contributed by atoms with van der Waals surface area (Å²) in [6, 6.07) is 8.15. The molecule has 0 saturated carbocycles. The van der Waals surface area contributed by atoms with E-state index in [2.05, 4.69) is 38.3 Å². The van der Waals surface area contributed by atoms with E-state index in [-0.39, 0.29) is 10.7 Å². The maximum absolute atomic E-state index is 11.6. The predicted molar refractivity (Wildman–Crippen MR) is 84.1 cm³/mol. The number of hydrogen-bond acceptors (Lipinski definition) is 2. The lowest BCUT2D eigenvalue weighted by molar-refractivity contribution is -0.115. The smallest absolute Gasteiger partial charge is 0.237 e. The summed E-state index contributed by atoms with van der Waals surface area (Å²) < 4.78 is 0. The van der Waals surface area contributed by atoms with Crippen LogP contribution >= 0.6 is 15.9 Å². The molecule has 1 N–H and O–H groups in total. The zero-order valence-electron chi connectivity index (χ0n) is 11.4. The standard InChI is InChI=1S/C15H21BrN2O/c1-12(16)15(19)17-13-6-8-14(9-7-13)18-10-4-2-3-5-11-18/h6-9,12H,2-5,10-11H2,1H3,(H,17,19). The van der Waals surface area contributed by atoms with Gasteiger partial charge in [0, 0.05) is 24.5 Å². The molecule has 1 atom stereocenters. The highest BCUT2D eigenvalue weighted by Gasteiger charge is 2.11. The summed E-state index contributed by atoms with van der Waals surface area (Å²) in [6.45, 7) is 4.11. The van der Waals surface area contributed by atoms with E-state index >= 15 is 0 Å². The van der Waals surface area contributed by atoms with E-state index in [1.54, 1.807) is 0 Å². The van der Waals surface area contributed by atoms with Gasteiger partial charge in [0.2, 0.25) is 5.91 Å². The minimum atomic E-state index is -0.169. The van der Waals surface area contributed by atoms with Crippen LogP contribution < -0.4 is 10.2 Å². The molecule has 0 spiro atoms. The number of nitrogens with zero attached hydrogens (tertiary/aromatic N) is 1. The van der Waals surface area contributed by atoms with Crippen molar-refractivity contribution < 1.29 is 4.79 Å². The third-order valence-electron chi connectivity index (χ3n) is 3.47. The highest BCUT2D eigenvalue weighted by molar-refractivity contribution is 9.10. The van der Waals surface area contributed by atoms with Crippen molar-refractivity contribution in [2.24, 2.45) is 0 Å². The highest BCUT2D eigenvalue weighted by Crippen LogP contribution is 2.21. The number of hydrogen-bond donors (Lipinski definition) is 1. The first kappa shape index (κ1) is 14.4. The van der Waals surface area contributed by atoms with E-state index in [1.165, 1.54) is 31.4 Å². The largest absolute Gasteiger partial charge is 0.372 e. The SMILES string of the molecule is CC(Br)C(=O)Nc1ccc(N2CCCCCC2)cc1. The van der Waals surface area contributed by atoms with E-state index in [4.69, 9.17) is 0 Å². The molecule has 104 valence electrons. The zero-order valence-corrected chi connectivity index (χ0v) is 12.9. The molecule has 19 heavy (non-hydrogen) atoms. The average Bonchev–Trinajstić information content (AvgIpc) is 2.68. The quantitative estimate of drug-likeness (QED) is 0.858. The number of rotatable bonds is 3. The average molecular weight is 325 g/mol. The lowest BCUT2D eigenvalue weighted by Gasteiger charge is -2.22. The van der Waals surface area contributed by atoms with Gasteiger partial charge in [-0.05, 0) is 44.0 Å². The second kappa shape index (κ2) is 6.94. The van der Waals surface area contributed by atoms with Crippen LogP contribution in [0.15, 0.2) is 24.3 Å². The van der Waals surface area contributed by atoms with Crippen molar-refractivity contribution in [3.8, 4) is 0 Å². The molecule has 0 radical (unpaired) electrons. The van der Waals surface area contributed by atoms with Crippen LogP contribution in [0.4, 0.5) is 11.4 Å². The number of anilines is 2. The molecule has 3 nitrogen and oxygen atoms in total. The van der Waals surface area contributed by atoms with E-state index in [0.29, 0.717) is 0 Å². The van der Waals surface area contributed by atoms with Crippen LogP contribution in [0.25, 0.3) is 0 Å². The van der Waals surface area contributed by atoms with Crippen molar-refractivity contribution in [3.63, 3.8) is 0 Å². The summed E-state index contributed by atoms with van der Waals surface area (Å²) in [5.74, 6) is -0.0116. The predicted octanol–water partition coefficient (Wildman–Crippen LogP) is 3.79. The van der Waals surface area contributed by atoms with Gasteiger partial charge in [0.05, 0.1) is 4.83 Å². The number of halogens is 1. The van der Waals surface area contributed by atoms with E-state index in [0.717, 1.165) is 18.8 Å². The molecule has 1 heterocycles. The Hall–Kier alpha value is -1.03. The Morgan fingerprint density at radius 1 is 1.16 bits per heavy atom. The fourth-order valence-electron chi connectivity index (χ4n) is 2.33. The summed E-state index contributed by atoms with van der Waals surface area (Å²) in [4.78, 5) is 13.8. The molecule has 1 fully saturated rings. The molecular weight excluding hydrogens is 304 g/mol. The van der Waals surface area contributed by atoms with Crippen LogP contribution in [0.5, 0.6) is 0 Å². The number of benzene rings is 1. The lowest BCUT2D eigenvalue weighted by Crippen LogP contribution is -2.24. The Morgan fingerprint density at radius 2 is 1.74 bits per heavy atom. The van der Waals surface area contributed by atoms with Crippen LogP contribution in [0.1, 0.15) is 32.6 Å². The van der Waals surface area contributed by atoms with E-state index in [9.17, 15) is 4.79 Å². The van der Waals surface area contributed by atoms with Gasteiger partial charge in [0.1, 0.15) is 0 Å². The third kappa shape index (κ3) is 4.23. The number of nitrogens with one attached hydrogen (secondary N) is 1. The number of carbonyl (C=O) groups excluding carboxylic acids is 1. The Labute approximate surface area is 123 Å². The Balaban J connectivity index is 1.99. The van der Waals surface area contributed by atoms with Crippen molar-refractivity contribution in [1.82, 2.24) is 0 Å². The first-order chi connectivity index (χ1) is 9.16. The maximum Gasteiger partial charge on any atom is 0.237 e. The van der Waals surface area contributed by atoms with Gasteiger partial charge in [-0.3, -0.25) is 4.79 Å². The van der Waals surface area contributed by atoms with Gasteiger partial charge in [-0.2, -0.15) is 0 Å². The minimum absolute atomic E-state index is 0.0116. The molecule has 1 amide bonds. The van der Waals surface area contributed by atoms with Crippen molar-refractivity contribution in [2.75, 3.05) is 23.3 Å². The van der Waals surface area contributed by atoms with E-state index in [1.807, 2.05) is 19.1 Å². The van der Waals surface area contributed by atoms with Gasteiger partial charge in [0.25, 0.3) is 0 Å². The van der Waals surface area contributed by atoms with Crippen LogP contribution in [0, 0.1) is 0 Å². The van der Waals surface area contributed by atoms with Crippen LogP contribution in [0.3, 0.4) is 0 Å². The van der Waals surface area contributed by atoms with Crippen LogP contribution in [-0.2, 0) is 4.79 Å². The molecule has 0 bridgehead atoms. The molecule has 0 aliphatic carbocycles. The van der Waals surface area contributed by atoms with Gasteiger partial charge in [-0.15, -0.1) is 0 Å². The van der Waals surface area contributed by atoms with Crippen LogP contribution in [0.2, 0.25) is 0 Å². The maximum atomic E-state index is 11.6. The lowest BCUT2D eigenvalue weighted by atomic mass is 10.2. The first-order valence-corrected chi connectivity index (χ1v) is 7.88. The molecule has 1 aliphatic heterocycles. The molecule has 0 aromatic heterocycles. The molecule has 1 aromatic carbocycles. The van der Waals surface area contributed by atoms with Crippen molar-refractivity contribution >= 4 is 33.2 Å². The number of carbonyl (C=O) groups is 1. The normalized spacial score (nSPS) is 17.7. The summed E-state index contributed by atoms with van der Waals surface area (Å²) in [7, 11) is 0. The van der Waals surface area contributed by atoms with Gasteiger partial charge in [-0.1, -0.05) is 28.8 Å². The van der Waals surface area contributed by atoms with Crippen LogP contribution in [-0.4, -0.2) is 23.8 Å².